The van der Waals surface area contributed by atoms with Crippen LogP contribution in [0.5, 0.6) is 0 Å². The zero-order chi connectivity index (χ0) is 15.9. The van der Waals surface area contributed by atoms with E-state index in [2.05, 4.69) is 27.5 Å². The van der Waals surface area contributed by atoms with Gasteiger partial charge in [-0.15, -0.1) is 11.3 Å². The first kappa shape index (κ1) is 16.4. The Morgan fingerprint density at radius 2 is 2.05 bits per heavy atom. The second-order valence-corrected chi connectivity index (χ2v) is 6.23. The van der Waals surface area contributed by atoms with Gasteiger partial charge in [0.05, 0.1) is 12.2 Å². The number of halogens is 1. The van der Waals surface area contributed by atoms with Gasteiger partial charge < -0.3 is 10.6 Å². The van der Waals surface area contributed by atoms with E-state index in [0.717, 1.165) is 10.7 Å². The predicted octanol–water partition coefficient (Wildman–Crippen LogP) is 2.81. The van der Waals surface area contributed by atoms with Crippen molar-refractivity contribution in [3.63, 3.8) is 0 Å². The van der Waals surface area contributed by atoms with Gasteiger partial charge in [0.1, 0.15) is 10.8 Å². The van der Waals surface area contributed by atoms with Gasteiger partial charge in [0.15, 0.2) is 5.96 Å². The van der Waals surface area contributed by atoms with Gasteiger partial charge in [-0.05, 0) is 31.9 Å². The second-order valence-electron chi connectivity index (χ2n) is 4.94. The van der Waals surface area contributed by atoms with E-state index in [9.17, 15) is 4.39 Å². The number of aryl methyl sites for hydroxylation is 2. The van der Waals surface area contributed by atoms with E-state index in [1.54, 1.807) is 30.5 Å². The molecule has 0 amide bonds. The maximum absolute atomic E-state index is 13.5. The fourth-order valence-corrected chi connectivity index (χ4v) is 2.89. The summed E-state index contributed by atoms with van der Waals surface area (Å²) in [5.74, 6) is 0.530. The maximum Gasteiger partial charge on any atom is 0.191 e. The Hall–Kier alpha value is -1.95. The van der Waals surface area contributed by atoms with Crippen LogP contribution in [0.4, 0.5) is 4.39 Å². The number of aromatic nitrogens is 1. The Bertz CT molecular complexity index is 632. The molecule has 0 aliphatic heterocycles. The Morgan fingerprint density at radius 1 is 1.27 bits per heavy atom. The van der Waals surface area contributed by atoms with Crippen LogP contribution in [-0.2, 0) is 13.0 Å². The third kappa shape index (κ3) is 4.53. The Balaban J connectivity index is 1.79. The molecule has 4 nitrogen and oxygen atoms in total. The van der Waals surface area contributed by atoms with Crippen LogP contribution in [0.3, 0.4) is 0 Å². The highest BCUT2D eigenvalue weighted by Gasteiger charge is 2.05. The van der Waals surface area contributed by atoms with Crippen LogP contribution in [0.1, 0.15) is 21.1 Å². The molecule has 22 heavy (non-hydrogen) atoms. The SMILES string of the molecule is CN=C(NCCc1ccccc1F)NCc1nc(C)c(C)s1. The molecule has 2 rings (SSSR count). The molecular formula is C16H21FN4S. The summed E-state index contributed by atoms with van der Waals surface area (Å²) in [5, 5.41) is 7.44. The summed E-state index contributed by atoms with van der Waals surface area (Å²) < 4.78 is 13.5. The van der Waals surface area contributed by atoms with E-state index in [1.165, 1.54) is 10.9 Å². The minimum Gasteiger partial charge on any atom is -0.356 e. The number of hydrogen-bond donors (Lipinski definition) is 2. The van der Waals surface area contributed by atoms with Gasteiger partial charge in [0, 0.05) is 18.5 Å². The van der Waals surface area contributed by atoms with Crippen molar-refractivity contribution >= 4 is 17.3 Å². The van der Waals surface area contributed by atoms with Gasteiger partial charge in [-0.1, -0.05) is 18.2 Å². The first-order valence-electron chi connectivity index (χ1n) is 7.21. The first-order valence-corrected chi connectivity index (χ1v) is 8.02. The first-order chi connectivity index (χ1) is 10.6. The number of nitrogens with zero attached hydrogens (tertiary/aromatic N) is 2. The zero-order valence-corrected chi connectivity index (χ0v) is 13.9. The van der Waals surface area contributed by atoms with Crippen molar-refractivity contribution in [2.75, 3.05) is 13.6 Å². The smallest absolute Gasteiger partial charge is 0.191 e. The molecule has 0 atom stereocenters. The van der Waals surface area contributed by atoms with Crippen molar-refractivity contribution < 1.29 is 4.39 Å². The summed E-state index contributed by atoms with van der Waals surface area (Å²) >= 11 is 1.68. The highest BCUT2D eigenvalue weighted by molar-refractivity contribution is 7.11. The second kappa shape index (κ2) is 7.89. The van der Waals surface area contributed by atoms with Gasteiger partial charge >= 0.3 is 0 Å². The number of benzene rings is 1. The molecule has 2 N–H and O–H groups in total. The standard InChI is InChI=1S/C16H21FN4S/c1-11-12(2)22-15(21-11)10-20-16(18-3)19-9-8-13-6-4-5-7-14(13)17/h4-7H,8-10H2,1-3H3,(H2,18,19,20). The van der Waals surface area contributed by atoms with Crippen molar-refractivity contribution in [2.45, 2.75) is 26.8 Å². The molecule has 0 unspecified atom stereocenters. The molecule has 0 aliphatic rings. The summed E-state index contributed by atoms with van der Waals surface area (Å²) in [7, 11) is 1.72. The van der Waals surface area contributed by atoms with Crippen LogP contribution in [-0.4, -0.2) is 24.5 Å². The molecule has 1 heterocycles. The van der Waals surface area contributed by atoms with Crippen molar-refractivity contribution in [1.82, 2.24) is 15.6 Å². The molecule has 0 spiro atoms. The molecule has 0 saturated carbocycles. The molecule has 6 heteroatoms. The van der Waals surface area contributed by atoms with Gasteiger partial charge in [0.25, 0.3) is 0 Å². The lowest BCUT2D eigenvalue weighted by Gasteiger charge is -2.11. The van der Waals surface area contributed by atoms with E-state index < -0.39 is 0 Å². The van der Waals surface area contributed by atoms with Crippen molar-refractivity contribution in [3.8, 4) is 0 Å². The molecule has 118 valence electrons. The quantitative estimate of drug-likeness (QED) is 0.658. The summed E-state index contributed by atoms with van der Waals surface area (Å²) in [6.07, 6.45) is 0.614. The summed E-state index contributed by atoms with van der Waals surface area (Å²) in [6.45, 7) is 5.34. The van der Waals surface area contributed by atoms with Crippen molar-refractivity contribution in [1.29, 1.82) is 0 Å². The molecule has 0 radical (unpaired) electrons. The lowest BCUT2D eigenvalue weighted by molar-refractivity contribution is 0.606. The van der Waals surface area contributed by atoms with Gasteiger partial charge in [-0.3, -0.25) is 4.99 Å². The van der Waals surface area contributed by atoms with Crippen LogP contribution in [0.15, 0.2) is 29.3 Å². The molecule has 0 bridgehead atoms. The van der Waals surface area contributed by atoms with E-state index in [0.29, 0.717) is 31.0 Å². The van der Waals surface area contributed by atoms with Crippen LogP contribution < -0.4 is 10.6 Å². The monoisotopic (exact) mass is 320 g/mol. The molecule has 1 aromatic heterocycles. The van der Waals surface area contributed by atoms with Gasteiger partial charge in [0.2, 0.25) is 0 Å². The van der Waals surface area contributed by atoms with Crippen LogP contribution in [0.2, 0.25) is 0 Å². The van der Waals surface area contributed by atoms with Gasteiger partial charge in [-0.2, -0.15) is 0 Å². The van der Waals surface area contributed by atoms with Crippen LogP contribution in [0, 0.1) is 19.7 Å². The fourth-order valence-electron chi connectivity index (χ4n) is 2.01. The Labute approximate surface area is 134 Å². The number of thiazole rings is 1. The van der Waals surface area contributed by atoms with E-state index >= 15 is 0 Å². The minimum absolute atomic E-state index is 0.166. The number of guanidine groups is 1. The number of rotatable bonds is 5. The molecule has 0 saturated heterocycles. The van der Waals surface area contributed by atoms with E-state index in [4.69, 9.17) is 0 Å². The third-order valence-corrected chi connectivity index (χ3v) is 4.42. The fraction of sp³-hybridized carbons (Fsp3) is 0.375. The largest absolute Gasteiger partial charge is 0.356 e. The molecule has 2 aromatic rings. The Kier molecular flexibility index (Phi) is 5.89. The predicted molar refractivity (Wildman–Crippen MR) is 89.9 cm³/mol. The average molecular weight is 320 g/mol. The molecule has 0 aliphatic carbocycles. The molecular weight excluding hydrogens is 299 g/mol. The summed E-state index contributed by atoms with van der Waals surface area (Å²) in [4.78, 5) is 9.88. The van der Waals surface area contributed by atoms with Gasteiger partial charge in [-0.25, -0.2) is 9.37 Å². The molecule has 0 fully saturated rings. The Morgan fingerprint density at radius 3 is 2.68 bits per heavy atom. The topological polar surface area (TPSA) is 49.3 Å². The number of nitrogens with one attached hydrogen (secondary N) is 2. The summed E-state index contributed by atoms with van der Waals surface area (Å²) in [5.41, 5.74) is 1.78. The summed E-state index contributed by atoms with van der Waals surface area (Å²) in [6, 6.07) is 6.83. The molecule has 1 aromatic carbocycles. The number of aliphatic imine (C=N–C) groups is 1. The van der Waals surface area contributed by atoms with E-state index in [-0.39, 0.29) is 5.82 Å². The highest BCUT2D eigenvalue weighted by atomic mass is 32.1. The van der Waals surface area contributed by atoms with E-state index in [1.807, 2.05) is 13.0 Å². The highest BCUT2D eigenvalue weighted by Crippen LogP contribution is 2.15. The zero-order valence-electron chi connectivity index (χ0n) is 13.1. The van der Waals surface area contributed by atoms with Crippen molar-refractivity contribution in [3.05, 3.63) is 51.2 Å². The normalized spacial score (nSPS) is 11.5. The average Bonchev–Trinajstić information content (AvgIpc) is 2.83. The van der Waals surface area contributed by atoms with Crippen LogP contribution in [0.25, 0.3) is 0 Å². The van der Waals surface area contributed by atoms with Crippen molar-refractivity contribution in [2.24, 2.45) is 4.99 Å². The lowest BCUT2D eigenvalue weighted by Crippen LogP contribution is -2.37. The maximum atomic E-state index is 13.5. The van der Waals surface area contributed by atoms with Crippen LogP contribution >= 0.6 is 11.3 Å². The third-order valence-electron chi connectivity index (χ3n) is 3.35. The lowest BCUT2D eigenvalue weighted by atomic mass is 10.1. The minimum atomic E-state index is -0.166. The number of hydrogen-bond acceptors (Lipinski definition) is 3.